The lowest BCUT2D eigenvalue weighted by atomic mass is 10.1. The Labute approximate surface area is 111 Å². The molecule has 2 heterocycles. The smallest absolute Gasteiger partial charge is 0.352 e. The van der Waals surface area contributed by atoms with Gasteiger partial charge >= 0.3 is 11.2 Å². The lowest BCUT2D eigenvalue weighted by Crippen LogP contribution is -2.33. The fourth-order valence-electron chi connectivity index (χ4n) is 1.91. The molecule has 0 bridgehead atoms. The SMILES string of the molecule is Nc1nc(=O)c([N+](=O)[O-])cn1[C@@H]1O[C@H](CO)[C@@H](O)[C@H]1O. The summed E-state index contributed by atoms with van der Waals surface area (Å²) < 4.78 is 6.01. The zero-order chi connectivity index (χ0) is 15.0. The summed E-state index contributed by atoms with van der Waals surface area (Å²) in [4.78, 5) is 24.3. The van der Waals surface area contributed by atoms with E-state index < -0.39 is 53.3 Å². The highest BCUT2D eigenvalue weighted by Gasteiger charge is 2.44. The third-order valence-electron chi connectivity index (χ3n) is 2.95. The largest absolute Gasteiger partial charge is 0.394 e. The molecule has 1 aromatic heterocycles. The van der Waals surface area contributed by atoms with E-state index in [-0.39, 0.29) is 0 Å². The Morgan fingerprint density at radius 2 is 2.15 bits per heavy atom. The molecule has 0 spiro atoms. The highest BCUT2D eigenvalue weighted by atomic mass is 16.6. The van der Waals surface area contributed by atoms with Crippen molar-refractivity contribution in [2.75, 3.05) is 12.3 Å². The van der Waals surface area contributed by atoms with Crippen LogP contribution in [0, 0.1) is 10.1 Å². The van der Waals surface area contributed by atoms with Gasteiger partial charge in [-0.05, 0) is 0 Å². The van der Waals surface area contributed by atoms with Crippen LogP contribution in [0.1, 0.15) is 6.23 Å². The van der Waals surface area contributed by atoms with Gasteiger partial charge in [-0.15, -0.1) is 0 Å². The van der Waals surface area contributed by atoms with E-state index in [2.05, 4.69) is 4.98 Å². The lowest BCUT2D eigenvalue weighted by molar-refractivity contribution is -0.386. The molecule has 0 saturated carbocycles. The van der Waals surface area contributed by atoms with Crippen LogP contribution in [0.2, 0.25) is 0 Å². The molecule has 0 aromatic carbocycles. The molecule has 110 valence electrons. The van der Waals surface area contributed by atoms with E-state index >= 15 is 0 Å². The average molecular weight is 288 g/mol. The standard InChI is InChI=1S/C9H12N4O7/c10-9-11-7(17)3(13(18)19)1-12(9)8-6(16)5(15)4(2-14)20-8/h1,4-6,8,14-16H,2H2,(H2,10,11,17)/t4-,5-,6-,8-/m1/s1. The summed E-state index contributed by atoms with van der Waals surface area (Å²) in [6.07, 6.45) is -4.49. The lowest BCUT2D eigenvalue weighted by Gasteiger charge is -2.19. The van der Waals surface area contributed by atoms with Crippen molar-refractivity contribution in [2.24, 2.45) is 0 Å². The van der Waals surface area contributed by atoms with Crippen molar-refractivity contribution in [2.45, 2.75) is 24.5 Å². The van der Waals surface area contributed by atoms with Gasteiger partial charge in [0.2, 0.25) is 5.95 Å². The van der Waals surface area contributed by atoms with Gasteiger partial charge in [0, 0.05) is 0 Å². The Bertz CT molecular complexity index is 588. The summed E-state index contributed by atoms with van der Waals surface area (Å²) in [7, 11) is 0. The third kappa shape index (κ3) is 2.22. The molecule has 0 unspecified atom stereocenters. The maximum Gasteiger partial charge on any atom is 0.352 e. The van der Waals surface area contributed by atoms with Crippen LogP contribution < -0.4 is 11.3 Å². The molecule has 20 heavy (non-hydrogen) atoms. The number of nitrogens with two attached hydrogens (primary N) is 1. The molecule has 11 nitrogen and oxygen atoms in total. The van der Waals surface area contributed by atoms with Gasteiger partial charge in [-0.2, -0.15) is 4.98 Å². The number of rotatable bonds is 3. The first-order valence-electron chi connectivity index (χ1n) is 5.52. The van der Waals surface area contributed by atoms with E-state index in [0.29, 0.717) is 0 Å². The molecule has 11 heteroatoms. The van der Waals surface area contributed by atoms with Crippen LogP contribution in [0.3, 0.4) is 0 Å². The van der Waals surface area contributed by atoms with Crippen molar-refractivity contribution < 1.29 is 25.0 Å². The van der Waals surface area contributed by atoms with Crippen LogP contribution >= 0.6 is 0 Å². The van der Waals surface area contributed by atoms with Crippen molar-refractivity contribution >= 4 is 11.6 Å². The molecule has 1 aromatic rings. The van der Waals surface area contributed by atoms with E-state index in [9.17, 15) is 25.1 Å². The maximum atomic E-state index is 11.3. The topological polar surface area (TPSA) is 174 Å². The van der Waals surface area contributed by atoms with Crippen LogP contribution in [0.25, 0.3) is 0 Å². The Balaban J connectivity index is 2.46. The quantitative estimate of drug-likeness (QED) is 0.342. The first-order chi connectivity index (χ1) is 9.36. The summed E-state index contributed by atoms with van der Waals surface area (Å²) >= 11 is 0. The van der Waals surface area contributed by atoms with Crippen LogP contribution in [0.5, 0.6) is 0 Å². The van der Waals surface area contributed by atoms with Crippen molar-refractivity contribution in [3.63, 3.8) is 0 Å². The molecule has 4 atom stereocenters. The number of hydrogen-bond acceptors (Lipinski definition) is 9. The number of aliphatic hydroxyl groups excluding tert-OH is 3. The Kier molecular flexibility index (Phi) is 3.67. The maximum absolute atomic E-state index is 11.3. The predicted octanol–water partition coefficient (Wildman–Crippen LogP) is -2.65. The zero-order valence-corrected chi connectivity index (χ0v) is 9.99. The first kappa shape index (κ1) is 14.3. The Morgan fingerprint density at radius 1 is 1.50 bits per heavy atom. The molecule has 0 amide bonds. The number of aliphatic hydroxyl groups is 3. The average Bonchev–Trinajstić information content (AvgIpc) is 2.66. The summed E-state index contributed by atoms with van der Waals surface area (Å²) in [5.41, 5.74) is 3.48. The van der Waals surface area contributed by atoms with Gasteiger partial charge in [-0.1, -0.05) is 0 Å². The van der Waals surface area contributed by atoms with Gasteiger partial charge in [0.15, 0.2) is 6.23 Å². The van der Waals surface area contributed by atoms with Gasteiger partial charge < -0.3 is 25.8 Å². The summed E-state index contributed by atoms with van der Waals surface area (Å²) in [5, 5.41) is 39.1. The molecular formula is C9H12N4O7. The molecule has 1 aliphatic heterocycles. The van der Waals surface area contributed by atoms with Gasteiger partial charge in [0.1, 0.15) is 18.3 Å². The molecule has 1 saturated heterocycles. The van der Waals surface area contributed by atoms with Crippen molar-refractivity contribution in [1.82, 2.24) is 9.55 Å². The number of ether oxygens (including phenoxy) is 1. The number of hydrogen-bond donors (Lipinski definition) is 4. The number of nitro groups is 1. The van der Waals surface area contributed by atoms with E-state index in [1.54, 1.807) is 0 Å². The zero-order valence-electron chi connectivity index (χ0n) is 9.99. The fourth-order valence-corrected chi connectivity index (χ4v) is 1.91. The Morgan fingerprint density at radius 3 is 2.65 bits per heavy atom. The molecule has 1 fully saturated rings. The minimum absolute atomic E-state index is 0.421. The van der Waals surface area contributed by atoms with E-state index in [1.807, 2.05) is 0 Å². The van der Waals surface area contributed by atoms with Crippen molar-refractivity contribution in [1.29, 1.82) is 0 Å². The number of nitrogens with zero attached hydrogens (tertiary/aromatic N) is 3. The second-order valence-electron chi connectivity index (χ2n) is 4.18. The van der Waals surface area contributed by atoms with Crippen LogP contribution in [0.4, 0.5) is 11.6 Å². The van der Waals surface area contributed by atoms with Crippen LogP contribution in [0.15, 0.2) is 11.0 Å². The van der Waals surface area contributed by atoms with Crippen molar-refractivity contribution in [3.05, 3.63) is 26.7 Å². The normalized spacial score (nSPS) is 29.6. The van der Waals surface area contributed by atoms with Crippen molar-refractivity contribution in [3.8, 4) is 0 Å². The molecule has 0 radical (unpaired) electrons. The predicted molar refractivity (Wildman–Crippen MR) is 62.6 cm³/mol. The Hall–Kier alpha value is -2.08. The highest BCUT2D eigenvalue weighted by Crippen LogP contribution is 2.30. The number of nitrogen functional groups attached to an aromatic ring is 1. The second-order valence-corrected chi connectivity index (χ2v) is 4.18. The number of anilines is 1. The molecule has 2 rings (SSSR count). The van der Waals surface area contributed by atoms with E-state index in [1.165, 1.54) is 0 Å². The first-order valence-corrected chi connectivity index (χ1v) is 5.52. The minimum Gasteiger partial charge on any atom is -0.394 e. The van der Waals surface area contributed by atoms with E-state index in [0.717, 1.165) is 10.8 Å². The molecule has 1 aliphatic rings. The van der Waals surface area contributed by atoms with Gasteiger partial charge in [-0.25, -0.2) is 0 Å². The van der Waals surface area contributed by atoms with Gasteiger partial charge in [0.25, 0.3) is 0 Å². The van der Waals surface area contributed by atoms with Crippen LogP contribution in [-0.4, -0.2) is 54.7 Å². The number of aromatic nitrogens is 2. The van der Waals surface area contributed by atoms with Gasteiger partial charge in [-0.3, -0.25) is 19.5 Å². The summed E-state index contributed by atoms with van der Waals surface area (Å²) in [6, 6.07) is 0. The van der Waals surface area contributed by atoms with E-state index in [4.69, 9.17) is 15.6 Å². The fraction of sp³-hybridized carbons (Fsp3) is 0.556. The third-order valence-corrected chi connectivity index (χ3v) is 2.95. The molecular weight excluding hydrogens is 276 g/mol. The van der Waals surface area contributed by atoms with Gasteiger partial charge in [0.05, 0.1) is 17.7 Å². The summed E-state index contributed by atoms with van der Waals surface area (Å²) in [6.45, 7) is -0.565. The highest BCUT2D eigenvalue weighted by molar-refractivity contribution is 5.30. The monoisotopic (exact) mass is 288 g/mol. The summed E-state index contributed by atoms with van der Waals surface area (Å²) in [5.74, 6) is -0.421. The molecule has 0 aliphatic carbocycles. The minimum atomic E-state index is -1.49. The molecule has 5 N–H and O–H groups in total. The second kappa shape index (κ2) is 5.13. The van der Waals surface area contributed by atoms with Crippen LogP contribution in [-0.2, 0) is 4.74 Å².